The van der Waals surface area contributed by atoms with Gasteiger partial charge in [0.1, 0.15) is 12.2 Å². The maximum atomic E-state index is 11.9. The van der Waals surface area contributed by atoms with E-state index in [-0.39, 0.29) is 12.5 Å². The van der Waals surface area contributed by atoms with E-state index in [2.05, 4.69) is 20.8 Å². The fraction of sp³-hybridized carbons (Fsp3) is 0.400. The lowest BCUT2D eigenvalue weighted by molar-refractivity contribution is -0.115. The summed E-state index contributed by atoms with van der Waals surface area (Å²) >= 11 is 5.96. The molecular weight excluding hydrogens is 302 g/mol. The maximum absolute atomic E-state index is 11.9. The van der Waals surface area contributed by atoms with Gasteiger partial charge >= 0.3 is 0 Å². The molecule has 0 atom stereocenters. The van der Waals surface area contributed by atoms with Crippen molar-refractivity contribution < 1.29 is 4.79 Å². The minimum absolute atomic E-state index is 0.0846. The molecule has 0 bridgehead atoms. The summed E-state index contributed by atoms with van der Waals surface area (Å²) in [5, 5.41) is 14.5. The number of nitrogens with zero attached hydrogens (tertiary/aromatic N) is 3. The Morgan fingerprint density at radius 3 is 2.95 bits per heavy atom. The lowest BCUT2D eigenvalue weighted by Crippen LogP contribution is -2.30. The van der Waals surface area contributed by atoms with Crippen molar-refractivity contribution in [3.63, 3.8) is 0 Å². The summed E-state index contributed by atoms with van der Waals surface area (Å²) < 4.78 is 1.98. The number of benzene rings is 1. The van der Waals surface area contributed by atoms with Crippen LogP contribution in [0, 0.1) is 6.92 Å². The topological polar surface area (TPSA) is 71.8 Å². The summed E-state index contributed by atoms with van der Waals surface area (Å²) in [5.74, 6) is 0.836. The predicted octanol–water partition coefficient (Wildman–Crippen LogP) is 2.03. The number of amides is 1. The van der Waals surface area contributed by atoms with Crippen LogP contribution in [0.4, 0.5) is 5.69 Å². The largest absolute Gasteiger partial charge is 0.325 e. The minimum Gasteiger partial charge on any atom is -0.325 e. The molecule has 1 aromatic carbocycles. The molecule has 1 amide bonds. The van der Waals surface area contributed by atoms with Crippen LogP contribution in [-0.2, 0) is 17.8 Å². The van der Waals surface area contributed by atoms with Gasteiger partial charge in [-0.2, -0.15) is 0 Å². The van der Waals surface area contributed by atoms with E-state index in [1.165, 1.54) is 0 Å². The Balaban J connectivity index is 1.72. The molecule has 0 aliphatic carbocycles. The number of rotatable bonds is 7. The molecule has 7 heteroatoms. The average Bonchev–Trinajstić information content (AvgIpc) is 2.95. The van der Waals surface area contributed by atoms with Gasteiger partial charge in [-0.1, -0.05) is 11.6 Å². The number of halogens is 1. The molecule has 0 unspecified atom stereocenters. The van der Waals surface area contributed by atoms with Crippen molar-refractivity contribution in [2.45, 2.75) is 26.8 Å². The number of aryl methyl sites for hydroxylation is 2. The lowest BCUT2D eigenvalue weighted by Gasteiger charge is -2.08. The number of carbonyl (C=O) groups excluding carboxylic acids is 1. The first kappa shape index (κ1) is 16.5. The number of anilines is 1. The third-order valence-electron chi connectivity index (χ3n) is 3.29. The lowest BCUT2D eigenvalue weighted by atomic mass is 10.2. The van der Waals surface area contributed by atoms with Crippen LogP contribution < -0.4 is 10.6 Å². The van der Waals surface area contributed by atoms with Crippen LogP contribution >= 0.6 is 11.6 Å². The van der Waals surface area contributed by atoms with Crippen molar-refractivity contribution in [1.82, 2.24) is 20.1 Å². The summed E-state index contributed by atoms with van der Waals surface area (Å²) in [6.07, 6.45) is 2.45. The van der Waals surface area contributed by atoms with Gasteiger partial charge in [0.2, 0.25) is 5.91 Å². The van der Waals surface area contributed by atoms with Gasteiger partial charge in [-0.25, -0.2) is 0 Å². The molecule has 0 saturated heterocycles. The molecule has 22 heavy (non-hydrogen) atoms. The molecule has 2 aromatic rings. The highest BCUT2D eigenvalue weighted by Crippen LogP contribution is 2.19. The van der Waals surface area contributed by atoms with E-state index in [4.69, 9.17) is 11.6 Å². The minimum atomic E-state index is -0.0846. The van der Waals surface area contributed by atoms with Gasteiger partial charge < -0.3 is 15.2 Å². The Hall–Kier alpha value is -1.92. The standard InChI is InChI=1S/C15H20ClN5O/c1-3-21-10-18-20-14(21)6-7-17-9-15(22)19-12-4-5-13(16)11(2)8-12/h4-5,8,10,17H,3,6-7,9H2,1-2H3,(H,19,22). The summed E-state index contributed by atoms with van der Waals surface area (Å²) in [6.45, 7) is 5.72. The third-order valence-corrected chi connectivity index (χ3v) is 3.71. The van der Waals surface area contributed by atoms with Crippen molar-refractivity contribution in [3.05, 3.63) is 40.9 Å². The quantitative estimate of drug-likeness (QED) is 0.765. The van der Waals surface area contributed by atoms with Gasteiger partial charge in [-0.05, 0) is 37.6 Å². The highest BCUT2D eigenvalue weighted by molar-refractivity contribution is 6.31. The average molecular weight is 322 g/mol. The van der Waals surface area contributed by atoms with E-state index in [1.54, 1.807) is 18.5 Å². The first-order valence-electron chi connectivity index (χ1n) is 7.23. The first-order chi connectivity index (χ1) is 10.6. The molecule has 0 spiro atoms. The monoisotopic (exact) mass is 321 g/mol. The molecule has 118 valence electrons. The molecule has 0 fully saturated rings. The first-order valence-corrected chi connectivity index (χ1v) is 7.61. The van der Waals surface area contributed by atoms with Crippen molar-refractivity contribution in [3.8, 4) is 0 Å². The van der Waals surface area contributed by atoms with E-state index in [9.17, 15) is 4.79 Å². The van der Waals surface area contributed by atoms with E-state index in [0.717, 1.165) is 30.0 Å². The zero-order valence-corrected chi connectivity index (χ0v) is 13.5. The summed E-state index contributed by atoms with van der Waals surface area (Å²) in [6, 6.07) is 5.42. The second-order valence-corrected chi connectivity index (χ2v) is 5.38. The Bertz CT molecular complexity index is 641. The van der Waals surface area contributed by atoms with Gasteiger partial charge in [0.05, 0.1) is 6.54 Å². The fourth-order valence-electron chi connectivity index (χ4n) is 2.07. The van der Waals surface area contributed by atoms with Crippen molar-refractivity contribution >= 4 is 23.2 Å². The molecule has 2 rings (SSSR count). The van der Waals surface area contributed by atoms with Gasteiger partial charge in [0, 0.05) is 30.2 Å². The second-order valence-electron chi connectivity index (χ2n) is 4.97. The van der Waals surface area contributed by atoms with Crippen molar-refractivity contribution in [2.75, 3.05) is 18.4 Å². The highest BCUT2D eigenvalue weighted by Gasteiger charge is 2.05. The number of carbonyl (C=O) groups is 1. The second kappa shape index (κ2) is 7.91. The Morgan fingerprint density at radius 1 is 1.41 bits per heavy atom. The van der Waals surface area contributed by atoms with Crippen molar-refractivity contribution in [1.29, 1.82) is 0 Å². The van der Waals surface area contributed by atoms with Crippen LogP contribution in [0.25, 0.3) is 0 Å². The van der Waals surface area contributed by atoms with Gasteiger partial charge in [-0.15, -0.1) is 10.2 Å². The number of nitrogens with one attached hydrogen (secondary N) is 2. The van der Waals surface area contributed by atoms with E-state index >= 15 is 0 Å². The van der Waals surface area contributed by atoms with Crippen LogP contribution in [0.2, 0.25) is 5.02 Å². The van der Waals surface area contributed by atoms with Crippen LogP contribution in [0.1, 0.15) is 18.3 Å². The smallest absolute Gasteiger partial charge is 0.238 e. The Labute approximate surface area is 134 Å². The molecule has 0 radical (unpaired) electrons. The fourth-order valence-corrected chi connectivity index (χ4v) is 2.18. The molecule has 0 saturated carbocycles. The Morgan fingerprint density at radius 2 is 2.23 bits per heavy atom. The number of aromatic nitrogens is 3. The molecule has 2 N–H and O–H groups in total. The predicted molar refractivity (Wildman–Crippen MR) is 87.1 cm³/mol. The SMILES string of the molecule is CCn1cnnc1CCNCC(=O)Nc1ccc(Cl)c(C)c1. The summed E-state index contributed by atoms with van der Waals surface area (Å²) in [7, 11) is 0. The summed E-state index contributed by atoms with van der Waals surface area (Å²) in [4.78, 5) is 11.9. The molecule has 6 nitrogen and oxygen atoms in total. The molecule has 0 aliphatic rings. The molecule has 0 aliphatic heterocycles. The van der Waals surface area contributed by atoms with E-state index in [1.807, 2.05) is 24.5 Å². The highest BCUT2D eigenvalue weighted by atomic mass is 35.5. The number of hydrogen-bond donors (Lipinski definition) is 2. The molecule has 1 aromatic heterocycles. The van der Waals surface area contributed by atoms with Crippen LogP contribution in [0.3, 0.4) is 0 Å². The molecule has 1 heterocycles. The Kier molecular flexibility index (Phi) is 5.91. The zero-order valence-electron chi connectivity index (χ0n) is 12.8. The van der Waals surface area contributed by atoms with Gasteiger partial charge in [-0.3, -0.25) is 4.79 Å². The van der Waals surface area contributed by atoms with Crippen LogP contribution in [-0.4, -0.2) is 33.8 Å². The van der Waals surface area contributed by atoms with E-state index < -0.39 is 0 Å². The van der Waals surface area contributed by atoms with Gasteiger partial charge in [0.25, 0.3) is 0 Å². The maximum Gasteiger partial charge on any atom is 0.238 e. The molecular formula is C15H20ClN5O. The van der Waals surface area contributed by atoms with Crippen LogP contribution in [0.5, 0.6) is 0 Å². The normalized spacial score (nSPS) is 10.7. The van der Waals surface area contributed by atoms with Crippen LogP contribution in [0.15, 0.2) is 24.5 Å². The summed E-state index contributed by atoms with van der Waals surface area (Å²) in [5.41, 5.74) is 1.69. The van der Waals surface area contributed by atoms with Gasteiger partial charge in [0.15, 0.2) is 0 Å². The van der Waals surface area contributed by atoms with Crippen molar-refractivity contribution in [2.24, 2.45) is 0 Å². The van der Waals surface area contributed by atoms with E-state index in [0.29, 0.717) is 11.6 Å². The zero-order chi connectivity index (χ0) is 15.9. The third kappa shape index (κ3) is 4.54. The number of hydrogen-bond acceptors (Lipinski definition) is 4.